The lowest BCUT2D eigenvalue weighted by atomic mass is 10.1. The second kappa shape index (κ2) is 6.58. The van der Waals surface area contributed by atoms with Crippen LogP contribution in [0.25, 0.3) is 0 Å². The van der Waals surface area contributed by atoms with Crippen molar-refractivity contribution in [1.82, 2.24) is 9.80 Å². The predicted molar refractivity (Wildman–Crippen MR) is 80.2 cm³/mol. The third-order valence-corrected chi connectivity index (χ3v) is 3.76. The first-order valence-electron chi connectivity index (χ1n) is 7.07. The Labute approximate surface area is 124 Å². The van der Waals surface area contributed by atoms with E-state index in [1.807, 2.05) is 17.9 Å². The number of hydrogen-bond acceptors (Lipinski definition) is 4. The maximum absolute atomic E-state index is 12.5. The largest absolute Gasteiger partial charge is 0.480 e. The van der Waals surface area contributed by atoms with Crippen LogP contribution in [0.5, 0.6) is 0 Å². The van der Waals surface area contributed by atoms with Crippen molar-refractivity contribution in [2.45, 2.75) is 13.3 Å². The Morgan fingerprint density at radius 2 is 2.00 bits per heavy atom. The first kappa shape index (κ1) is 15.3. The minimum Gasteiger partial charge on any atom is -0.480 e. The summed E-state index contributed by atoms with van der Waals surface area (Å²) in [6.07, 6.45) is 0.778. The molecule has 0 aliphatic carbocycles. The number of carboxylic acids is 1. The van der Waals surface area contributed by atoms with Crippen LogP contribution in [-0.4, -0.2) is 59.5 Å². The van der Waals surface area contributed by atoms with E-state index in [4.69, 9.17) is 10.8 Å². The molecule has 1 fully saturated rings. The van der Waals surface area contributed by atoms with E-state index in [0.29, 0.717) is 37.4 Å². The molecule has 3 N–H and O–H groups in total. The molecular formula is C15H21N3O3. The fourth-order valence-electron chi connectivity index (χ4n) is 2.48. The maximum Gasteiger partial charge on any atom is 0.317 e. The molecule has 1 aromatic carbocycles. The summed E-state index contributed by atoms with van der Waals surface area (Å²) in [5.74, 6) is -0.875. The third-order valence-electron chi connectivity index (χ3n) is 3.76. The summed E-state index contributed by atoms with van der Waals surface area (Å²) in [7, 11) is 0. The summed E-state index contributed by atoms with van der Waals surface area (Å²) in [5.41, 5.74) is 8.01. The van der Waals surface area contributed by atoms with Crippen molar-refractivity contribution >= 4 is 17.6 Å². The molecule has 2 rings (SSSR count). The number of nitrogen functional groups attached to an aromatic ring is 1. The number of anilines is 1. The van der Waals surface area contributed by atoms with Gasteiger partial charge in [-0.2, -0.15) is 0 Å². The molecule has 0 radical (unpaired) electrons. The number of nitrogens with two attached hydrogens (primary N) is 1. The van der Waals surface area contributed by atoms with Crippen molar-refractivity contribution in [2.75, 3.05) is 38.5 Å². The molecule has 0 saturated carbocycles. The number of aryl methyl sites for hydroxylation is 1. The van der Waals surface area contributed by atoms with E-state index < -0.39 is 5.97 Å². The number of benzene rings is 1. The summed E-state index contributed by atoms with van der Waals surface area (Å²) < 4.78 is 0. The van der Waals surface area contributed by atoms with E-state index in [1.54, 1.807) is 17.0 Å². The fourth-order valence-corrected chi connectivity index (χ4v) is 2.48. The average molecular weight is 291 g/mol. The first-order chi connectivity index (χ1) is 9.97. The first-order valence-corrected chi connectivity index (χ1v) is 7.07. The van der Waals surface area contributed by atoms with Crippen LogP contribution in [0.15, 0.2) is 18.2 Å². The number of carbonyl (C=O) groups is 2. The molecule has 1 aromatic rings. The molecule has 6 heteroatoms. The van der Waals surface area contributed by atoms with Gasteiger partial charge in [0.15, 0.2) is 0 Å². The number of hydrogen-bond donors (Lipinski definition) is 2. The zero-order chi connectivity index (χ0) is 15.4. The lowest BCUT2D eigenvalue weighted by Gasteiger charge is -2.21. The normalized spacial score (nSPS) is 16.5. The molecule has 1 heterocycles. The molecule has 1 saturated heterocycles. The lowest BCUT2D eigenvalue weighted by Crippen LogP contribution is -2.36. The van der Waals surface area contributed by atoms with Crippen LogP contribution in [-0.2, 0) is 4.79 Å². The predicted octanol–water partition coefficient (Wildman–Crippen LogP) is 0.810. The Bertz CT molecular complexity index is 545. The monoisotopic (exact) mass is 291 g/mol. The summed E-state index contributed by atoms with van der Waals surface area (Å²) in [6, 6.07) is 5.34. The summed E-state index contributed by atoms with van der Waals surface area (Å²) >= 11 is 0. The number of nitrogens with zero attached hydrogens (tertiary/aromatic N) is 2. The Balaban J connectivity index is 2.02. The summed E-state index contributed by atoms with van der Waals surface area (Å²) in [6.45, 7) is 4.40. The molecule has 21 heavy (non-hydrogen) atoms. The molecule has 114 valence electrons. The van der Waals surface area contributed by atoms with Gasteiger partial charge in [0.05, 0.1) is 6.54 Å². The van der Waals surface area contributed by atoms with Crippen LogP contribution in [0.3, 0.4) is 0 Å². The van der Waals surface area contributed by atoms with Crippen LogP contribution in [0.2, 0.25) is 0 Å². The van der Waals surface area contributed by atoms with Crippen molar-refractivity contribution in [2.24, 2.45) is 0 Å². The van der Waals surface area contributed by atoms with E-state index in [2.05, 4.69) is 0 Å². The Morgan fingerprint density at radius 1 is 1.24 bits per heavy atom. The molecule has 1 amide bonds. The van der Waals surface area contributed by atoms with Gasteiger partial charge in [-0.1, -0.05) is 6.07 Å². The lowest BCUT2D eigenvalue weighted by molar-refractivity contribution is -0.138. The zero-order valence-corrected chi connectivity index (χ0v) is 12.2. The Kier molecular flexibility index (Phi) is 4.80. The van der Waals surface area contributed by atoms with Gasteiger partial charge in [-0.15, -0.1) is 0 Å². The minimum atomic E-state index is -0.832. The van der Waals surface area contributed by atoms with Crippen LogP contribution < -0.4 is 5.73 Å². The summed E-state index contributed by atoms with van der Waals surface area (Å²) in [5, 5.41) is 8.83. The number of amides is 1. The highest BCUT2D eigenvalue weighted by Gasteiger charge is 2.21. The van der Waals surface area contributed by atoms with E-state index in [1.165, 1.54) is 0 Å². The highest BCUT2D eigenvalue weighted by Crippen LogP contribution is 2.15. The van der Waals surface area contributed by atoms with Crippen molar-refractivity contribution in [3.63, 3.8) is 0 Å². The van der Waals surface area contributed by atoms with Gasteiger partial charge in [0.1, 0.15) is 0 Å². The van der Waals surface area contributed by atoms with Crippen LogP contribution in [0.1, 0.15) is 22.3 Å². The average Bonchev–Trinajstić information content (AvgIpc) is 2.66. The highest BCUT2D eigenvalue weighted by atomic mass is 16.4. The molecule has 0 aromatic heterocycles. The van der Waals surface area contributed by atoms with Gasteiger partial charge >= 0.3 is 5.97 Å². The van der Waals surface area contributed by atoms with Crippen molar-refractivity contribution in [3.8, 4) is 0 Å². The third kappa shape index (κ3) is 3.95. The van der Waals surface area contributed by atoms with E-state index >= 15 is 0 Å². The fraction of sp³-hybridized carbons (Fsp3) is 0.467. The van der Waals surface area contributed by atoms with Crippen LogP contribution in [0, 0.1) is 6.92 Å². The SMILES string of the molecule is Cc1ccc(C(=O)N2CCCN(CC(=O)O)CC2)cc1N. The van der Waals surface area contributed by atoms with Crippen LogP contribution in [0.4, 0.5) is 5.69 Å². The second-order valence-electron chi connectivity index (χ2n) is 5.39. The topological polar surface area (TPSA) is 86.9 Å². The van der Waals surface area contributed by atoms with Crippen molar-refractivity contribution in [1.29, 1.82) is 0 Å². The van der Waals surface area contributed by atoms with Gasteiger partial charge in [-0.25, -0.2) is 0 Å². The number of carbonyl (C=O) groups excluding carboxylic acids is 1. The van der Waals surface area contributed by atoms with Crippen molar-refractivity contribution < 1.29 is 14.7 Å². The Morgan fingerprint density at radius 3 is 2.67 bits per heavy atom. The standard InChI is InChI=1S/C15H21N3O3/c1-11-3-4-12(9-13(11)16)15(21)18-6-2-5-17(7-8-18)10-14(19)20/h3-4,9H,2,5-8,10,16H2,1H3,(H,19,20). The highest BCUT2D eigenvalue weighted by molar-refractivity contribution is 5.95. The Hall–Kier alpha value is -2.08. The zero-order valence-electron chi connectivity index (χ0n) is 12.2. The maximum atomic E-state index is 12.5. The molecule has 1 aliphatic heterocycles. The van der Waals surface area contributed by atoms with E-state index in [-0.39, 0.29) is 12.5 Å². The van der Waals surface area contributed by atoms with E-state index in [0.717, 1.165) is 12.0 Å². The number of carboxylic acid groups (broad SMARTS) is 1. The molecule has 0 bridgehead atoms. The van der Waals surface area contributed by atoms with Gasteiger partial charge in [0, 0.05) is 37.4 Å². The molecular weight excluding hydrogens is 270 g/mol. The smallest absolute Gasteiger partial charge is 0.317 e. The minimum absolute atomic E-state index is 0.0273. The van der Waals surface area contributed by atoms with Crippen LogP contribution >= 0.6 is 0 Å². The van der Waals surface area contributed by atoms with Crippen molar-refractivity contribution in [3.05, 3.63) is 29.3 Å². The molecule has 0 spiro atoms. The van der Waals surface area contributed by atoms with Gasteiger partial charge < -0.3 is 15.7 Å². The number of rotatable bonds is 3. The van der Waals surface area contributed by atoms with Gasteiger partial charge in [-0.05, 0) is 31.0 Å². The molecule has 1 aliphatic rings. The quantitative estimate of drug-likeness (QED) is 0.805. The van der Waals surface area contributed by atoms with E-state index in [9.17, 15) is 9.59 Å². The van der Waals surface area contributed by atoms with Gasteiger partial charge in [-0.3, -0.25) is 14.5 Å². The molecule has 0 unspecified atom stereocenters. The number of aliphatic carboxylic acids is 1. The van der Waals surface area contributed by atoms with Gasteiger partial charge in [0.2, 0.25) is 0 Å². The van der Waals surface area contributed by atoms with Gasteiger partial charge in [0.25, 0.3) is 5.91 Å². The molecule has 6 nitrogen and oxygen atoms in total. The summed E-state index contributed by atoms with van der Waals surface area (Å²) in [4.78, 5) is 26.9. The molecule has 0 atom stereocenters. The second-order valence-corrected chi connectivity index (χ2v) is 5.39.